The summed E-state index contributed by atoms with van der Waals surface area (Å²) in [5.41, 5.74) is 3.24. The van der Waals surface area contributed by atoms with E-state index in [0.29, 0.717) is 5.69 Å². The van der Waals surface area contributed by atoms with Gasteiger partial charge < -0.3 is 4.74 Å². The highest BCUT2D eigenvalue weighted by Crippen LogP contribution is 2.07. The molecule has 0 radical (unpaired) electrons. The SMILES string of the molecule is COC(=O)Cc1nc(C)c(C)nc1C. The van der Waals surface area contributed by atoms with E-state index in [9.17, 15) is 4.79 Å². The number of ether oxygens (including phenoxy) is 1. The molecule has 1 heterocycles. The summed E-state index contributed by atoms with van der Waals surface area (Å²) in [6, 6.07) is 0. The molecule has 0 aliphatic rings. The molecule has 0 fully saturated rings. The first-order valence-electron chi connectivity index (χ1n) is 4.42. The zero-order valence-corrected chi connectivity index (χ0v) is 8.92. The lowest BCUT2D eigenvalue weighted by Gasteiger charge is -2.06. The maximum absolute atomic E-state index is 11.0. The van der Waals surface area contributed by atoms with Crippen LogP contribution in [0.2, 0.25) is 0 Å². The second kappa shape index (κ2) is 4.17. The molecular formula is C10H14N2O2. The lowest BCUT2D eigenvalue weighted by molar-refractivity contribution is -0.139. The van der Waals surface area contributed by atoms with Gasteiger partial charge in [-0.1, -0.05) is 0 Å². The molecule has 14 heavy (non-hydrogen) atoms. The highest BCUT2D eigenvalue weighted by molar-refractivity contribution is 5.72. The van der Waals surface area contributed by atoms with Crippen LogP contribution in [0.3, 0.4) is 0 Å². The second-order valence-corrected chi connectivity index (χ2v) is 3.18. The number of hydrogen-bond donors (Lipinski definition) is 0. The number of nitrogens with zero attached hydrogens (tertiary/aromatic N) is 2. The number of aromatic nitrogens is 2. The summed E-state index contributed by atoms with van der Waals surface area (Å²) >= 11 is 0. The molecule has 0 spiro atoms. The molecule has 0 bridgehead atoms. The minimum Gasteiger partial charge on any atom is -0.469 e. The standard InChI is InChI=1S/C10H14N2O2/c1-6-7(2)12-9(8(3)11-6)5-10(13)14-4/h5H2,1-4H3. The van der Waals surface area contributed by atoms with Gasteiger partial charge in [0, 0.05) is 0 Å². The third-order valence-electron chi connectivity index (χ3n) is 2.12. The van der Waals surface area contributed by atoms with E-state index < -0.39 is 0 Å². The van der Waals surface area contributed by atoms with E-state index in [-0.39, 0.29) is 12.4 Å². The highest BCUT2D eigenvalue weighted by atomic mass is 16.5. The van der Waals surface area contributed by atoms with Crippen molar-refractivity contribution in [1.29, 1.82) is 0 Å². The van der Waals surface area contributed by atoms with Crippen LogP contribution in [0, 0.1) is 20.8 Å². The van der Waals surface area contributed by atoms with Crippen LogP contribution in [-0.2, 0) is 16.0 Å². The molecular weight excluding hydrogens is 180 g/mol. The number of carbonyl (C=O) groups is 1. The molecule has 0 saturated heterocycles. The Balaban J connectivity index is 2.98. The Morgan fingerprint density at radius 2 is 1.71 bits per heavy atom. The Morgan fingerprint density at radius 1 is 1.14 bits per heavy atom. The molecule has 1 aromatic rings. The number of carbonyl (C=O) groups excluding carboxylic acids is 1. The van der Waals surface area contributed by atoms with Crippen molar-refractivity contribution in [1.82, 2.24) is 9.97 Å². The Hall–Kier alpha value is -1.45. The zero-order chi connectivity index (χ0) is 10.7. The smallest absolute Gasteiger partial charge is 0.311 e. The fourth-order valence-corrected chi connectivity index (χ4v) is 1.14. The summed E-state index contributed by atoms with van der Waals surface area (Å²) in [5, 5.41) is 0. The Labute approximate surface area is 83.3 Å². The predicted molar refractivity (Wildman–Crippen MR) is 52.0 cm³/mol. The second-order valence-electron chi connectivity index (χ2n) is 3.18. The first-order chi connectivity index (χ1) is 6.54. The average molecular weight is 194 g/mol. The molecule has 0 aromatic carbocycles. The van der Waals surface area contributed by atoms with Gasteiger partial charge in [0.05, 0.1) is 36.3 Å². The molecule has 4 nitrogen and oxygen atoms in total. The van der Waals surface area contributed by atoms with Crippen LogP contribution < -0.4 is 0 Å². The third-order valence-corrected chi connectivity index (χ3v) is 2.12. The molecule has 0 aliphatic heterocycles. The summed E-state index contributed by atoms with van der Waals surface area (Å²) in [6.07, 6.45) is 0.191. The molecule has 0 N–H and O–H groups in total. The van der Waals surface area contributed by atoms with E-state index in [1.54, 1.807) is 0 Å². The summed E-state index contributed by atoms with van der Waals surface area (Å²) in [5.74, 6) is -0.286. The fourth-order valence-electron chi connectivity index (χ4n) is 1.14. The Bertz CT molecular complexity index is 361. The molecule has 0 aliphatic carbocycles. The first kappa shape index (κ1) is 10.6. The van der Waals surface area contributed by atoms with Gasteiger partial charge in [-0.2, -0.15) is 0 Å². The van der Waals surface area contributed by atoms with Crippen molar-refractivity contribution < 1.29 is 9.53 Å². The minimum absolute atomic E-state index is 0.191. The quantitative estimate of drug-likeness (QED) is 0.662. The largest absolute Gasteiger partial charge is 0.469 e. The van der Waals surface area contributed by atoms with E-state index in [0.717, 1.165) is 17.1 Å². The van der Waals surface area contributed by atoms with Gasteiger partial charge in [-0.25, -0.2) is 0 Å². The fraction of sp³-hybridized carbons (Fsp3) is 0.500. The number of aryl methyl sites for hydroxylation is 3. The van der Waals surface area contributed by atoms with Crippen LogP contribution in [0.5, 0.6) is 0 Å². The van der Waals surface area contributed by atoms with Crippen molar-refractivity contribution in [3.8, 4) is 0 Å². The lowest BCUT2D eigenvalue weighted by atomic mass is 10.2. The van der Waals surface area contributed by atoms with Gasteiger partial charge >= 0.3 is 5.97 Å². The molecule has 1 aromatic heterocycles. The van der Waals surface area contributed by atoms with Crippen molar-refractivity contribution >= 4 is 5.97 Å². The topological polar surface area (TPSA) is 52.1 Å². The van der Waals surface area contributed by atoms with Gasteiger partial charge in [-0.3, -0.25) is 14.8 Å². The van der Waals surface area contributed by atoms with Gasteiger partial charge in [0.25, 0.3) is 0 Å². The predicted octanol–water partition coefficient (Wildman–Crippen LogP) is 1.12. The Kier molecular flexibility index (Phi) is 3.17. The van der Waals surface area contributed by atoms with Gasteiger partial charge in [0.1, 0.15) is 0 Å². The maximum atomic E-state index is 11.0. The van der Waals surface area contributed by atoms with Crippen LogP contribution in [0.1, 0.15) is 22.8 Å². The van der Waals surface area contributed by atoms with Crippen molar-refractivity contribution in [3.63, 3.8) is 0 Å². The highest BCUT2D eigenvalue weighted by Gasteiger charge is 2.09. The lowest BCUT2D eigenvalue weighted by Crippen LogP contribution is -2.10. The van der Waals surface area contributed by atoms with Crippen LogP contribution >= 0.6 is 0 Å². The van der Waals surface area contributed by atoms with E-state index >= 15 is 0 Å². The zero-order valence-electron chi connectivity index (χ0n) is 8.92. The third kappa shape index (κ3) is 2.28. The Morgan fingerprint density at radius 3 is 2.29 bits per heavy atom. The van der Waals surface area contributed by atoms with E-state index in [2.05, 4.69) is 14.7 Å². The molecule has 0 amide bonds. The molecule has 76 valence electrons. The monoisotopic (exact) mass is 194 g/mol. The summed E-state index contributed by atoms with van der Waals surface area (Å²) in [6.45, 7) is 5.62. The maximum Gasteiger partial charge on any atom is 0.311 e. The van der Waals surface area contributed by atoms with Crippen molar-refractivity contribution in [2.24, 2.45) is 0 Å². The normalized spacial score (nSPS) is 10.0. The van der Waals surface area contributed by atoms with Crippen LogP contribution in [0.15, 0.2) is 0 Å². The summed E-state index contributed by atoms with van der Waals surface area (Å²) in [4.78, 5) is 19.6. The van der Waals surface area contributed by atoms with E-state index in [1.807, 2.05) is 20.8 Å². The van der Waals surface area contributed by atoms with Gasteiger partial charge in [0.2, 0.25) is 0 Å². The van der Waals surface area contributed by atoms with E-state index in [4.69, 9.17) is 0 Å². The van der Waals surface area contributed by atoms with Crippen LogP contribution in [0.25, 0.3) is 0 Å². The van der Waals surface area contributed by atoms with Crippen molar-refractivity contribution in [2.45, 2.75) is 27.2 Å². The minimum atomic E-state index is -0.286. The van der Waals surface area contributed by atoms with Crippen molar-refractivity contribution in [3.05, 3.63) is 22.8 Å². The summed E-state index contributed by atoms with van der Waals surface area (Å²) in [7, 11) is 1.37. The van der Waals surface area contributed by atoms with Gasteiger partial charge in [-0.05, 0) is 20.8 Å². The average Bonchev–Trinajstić information content (AvgIpc) is 2.14. The van der Waals surface area contributed by atoms with Gasteiger partial charge in [-0.15, -0.1) is 0 Å². The number of rotatable bonds is 2. The van der Waals surface area contributed by atoms with Crippen LogP contribution in [-0.4, -0.2) is 23.0 Å². The molecule has 0 unspecified atom stereocenters. The number of esters is 1. The van der Waals surface area contributed by atoms with Crippen molar-refractivity contribution in [2.75, 3.05) is 7.11 Å². The number of methoxy groups -OCH3 is 1. The molecule has 0 saturated carbocycles. The molecule has 4 heteroatoms. The summed E-state index contributed by atoms with van der Waals surface area (Å²) < 4.78 is 4.57. The first-order valence-corrected chi connectivity index (χ1v) is 4.42. The molecule has 0 atom stereocenters. The van der Waals surface area contributed by atoms with Crippen LogP contribution in [0.4, 0.5) is 0 Å². The molecule has 1 rings (SSSR count). The number of hydrogen-bond acceptors (Lipinski definition) is 4. The van der Waals surface area contributed by atoms with Gasteiger partial charge in [0.15, 0.2) is 0 Å². The van der Waals surface area contributed by atoms with E-state index in [1.165, 1.54) is 7.11 Å².